The smallest absolute Gasteiger partial charge is 0.296 e. The molecule has 1 N–H and O–H groups in total. The van der Waals surface area contributed by atoms with E-state index in [0.717, 1.165) is 16.9 Å². The summed E-state index contributed by atoms with van der Waals surface area (Å²) in [5.41, 5.74) is 2.50. The number of nitrogens with zero attached hydrogens (tertiary/aromatic N) is 4. The molecule has 2 aromatic heterocycles. The van der Waals surface area contributed by atoms with Gasteiger partial charge < -0.3 is 9.47 Å². The van der Waals surface area contributed by atoms with Crippen LogP contribution in [0, 0.1) is 17.1 Å². The third kappa shape index (κ3) is 5.11. The lowest BCUT2D eigenvalue weighted by molar-refractivity contribution is 0.102. The monoisotopic (exact) mass is 461 g/mol. The van der Waals surface area contributed by atoms with Crippen LogP contribution in [-0.2, 0) is 6.61 Å². The van der Waals surface area contributed by atoms with Gasteiger partial charge in [0.15, 0.2) is 0 Å². The van der Waals surface area contributed by atoms with Crippen LogP contribution in [0.25, 0.3) is 11.1 Å². The number of hydrogen-bond acceptors (Lipinski definition) is 8. The van der Waals surface area contributed by atoms with Gasteiger partial charge in [-0.3, -0.25) is 15.1 Å². The molecule has 0 bridgehead atoms. The fourth-order valence-electron chi connectivity index (χ4n) is 3.00. The standard InChI is InChI=1S/C23H16FN5O3S/c1-31-20-7-6-16(24)10-18(20)19-12-26-9-8-17(19)21(30)27-22-28-29-23(33-22)32-13-15-4-2-14(11-25)3-5-15/h2-10,12H,13H2,1H3,(H,27,28,30). The largest absolute Gasteiger partial charge is 0.496 e. The molecule has 0 aliphatic carbocycles. The van der Waals surface area contributed by atoms with E-state index in [2.05, 4.69) is 26.6 Å². The van der Waals surface area contributed by atoms with Crippen LogP contribution in [0.5, 0.6) is 10.9 Å². The Morgan fingerprint density at radius 1 is 1.15 bits per heavy atom. The van der Waals surface area contributed by atoms with Gasteiger partial charge >= 0.3 is 0 Å². The van der Waals surface area contributed by atoms with E-state index in [0.29, 0.717) is 22.4 Å². The number of methoxy groups -OCH3 is 1. The van der Waals surface area contributed by atoms with Crippen LogP contribution in [-0.4, -0.2) is 28.2 Å². The number of aromatic nitrogens is 3. The predicted octanol–water partition coefficient (Wildman–Crippen LogP) is 4.45. The van der Waals surface area contributed by atoms with Crippen molar-refractivity contribution in [1.82, 2.24) is 15.2 Å². The highest BCUT2D eigenvalue weighted by Crippen LogP contribution is 2.33. The molecule has 4 aromatic rings. The van der Waals surface area contributed by atoms with Crippen molar-refractivity contribution >= 4 is 22.4 Å². The summed E-state index contributed by atoms with van der Waals surface area (Å²) < 4.78 is 24.8. The molecule has 2 aromatic carbocycles. The topological polar surface area (TPSA) is 110 Å². The van der Waals surface area contributed by atoms with Gasteiger partial charge in [0.25, 0.3) is 11.1 Å². The number of pyridine rings is 1. The molecular weight excluding hydrogens is 445 g/mol. The Bertz CT molecular complexity index is 1330. The lowest BCUT2D eigenvalue weighted by Gasteiger charge is -2.12. The molecule has 0 saturated heterocycles. The fourth-order valence-corrected chi connectivity index (χ4v) is 3.59. The molecule has 4 rings (SSSR count). The Morgan fingerprint density at radius 2 is 1.97 bits per heavy atom. The minimum Gasteiger partial charge on any atom is -0.496 e. The van der Waals surface area contributed by atoms with Gasteiger partial charge in [0.1, 0.15) is 18.2 Å². The molecule has 0 radical (unpaired) electrons. The molecule has 0 atom stereocenters. The Kier molecular flexibility index (Phi) is 6.52. The Hall–Kier alpha value is -4.36. The maximum absolute atomic E-state index is 13.9. The molecule has 8 nitrogen and oxygen atoms in total. The van der Waals surface area contributed by atoms with E-state index in [4.69, 9.17) is 14.7 Å². The normalized spacial score (nSPS) is 10.3. The van der Waals surface area contributed by atoms with Crippen LogP contribution in [0.3, 0.4) is 0 Å². The molecule has 164 valence electrons. The third-order valence-corrected chi connectivity index (χ3v) is 5.34. The Balaban J connectivity index is 1.48. The quantitative estimate of drug-likeness (QED) is 0.433. The zero-order chi connectivity index (χ0) is 23.2. The molecule has 33 heavy (non-hydrogen) atoms. The van der Waals surface area contributed by atoms with Crippen LogP contribution in [0.2, 0.25) is 0 Å². The summed E-state index contributed by atoms with van der Waals surface area (Å²) in [6.07, 6.45) is 2.94. The summed E-state index contributed by atoms with van der Waals surface area (Å²) in [6.45, 7) is 0.238. The van der Waals surface area contributed by atoms with Crippen LogP contribution in [0.1, 0.15) is 21.5 Å². The highest BCUT2D eigenvalue weighted by Gasteiger charge is 2.18. The lowest BCUT2D eigenvalue weighted by Crippen LogP contribution is -2.13. The van der Waals surface area contributed by atoms with E-state index < -0.39 is 11.7 Å². The summed E-state index contributed by atoms with van der Waals surface area (Å²) in [7, 11) is 1.47. The first kappa shape index (κ1) is 21.9. The number of ether oxygens (including phenoxy) is 2. The SMILES string of the molecule is COc1ccc(F)cc1-c1cnccc1C(=O)Nc1nnc(OCc2ccc(C#N)cc2)s1. The van der Waals surface area contributed by atoms with Crippen molar-refractivity contribution < 1.29 is 18.7 Å². The molecule has 0 unspecified atom stereocenters. The maximum Gasteiger partial charge on any atom is 0.296 e. The summed E-state index contributed by atoms with van der Waals surface area (Å²) in [4.78, 5) is 17.0. The molecule has 2 heterocycles. The molecular formula is C23H16FN5O3S. The van der Waals surface area contributed by atoms with Gasteiger partial charge in [0.05, 0.1) is 24.3 Å². The Labute approximate surface area is 192 Å². The van der Waals surface area contributed by atoms with E-state index in [1.807, 2.05) is 0 Å². The van der Waals surface area contributed by atoms with Gasteiger partial charge in [-0.1, -0.05) is 17.2 Å². The van der Waals surface area contributed by atoms with E-state index >= 15 is 0 Å². The second-order valence-corrected chi connectivity index (χ2v) is 7.63. The number of anilines is 1. The van der Waals surface area contributed by atoms with Crippen LogP contribution in [0.4, 0.5) is 9.52 Å². The number of carbonyl (C=O) groups excluding carboxylic acids is 1. The van der Waals surface area contributed by atoms with E-state index in [1.54, 1.807) is 24.3 Å². The van der Waals surface area contributed by atoms with Gasteiger partial charge in [-0.2, -0.15) is 5.26 Å². The highest BCUT2D eigenvalue weighted by atomic mass is 32.1. The second kappa shape index (κ2) is 9.84. The predicted molar refractivity (Wildman–Crippen MR) is 120 cm³/mol. The summed E-state index contributed by atoms with van der Waals surface area (Å²) in [5, 5.41) is 19.9. The summed E-state index contributed by atoms with van der Waals surface area (Å²) >= 11 is 1.07. The van der Waals surface area contributed by atoms with Crippen molar-refractivity contribution in [3.8, 4) is 28.1 Å². The average Bonchev–Trinajstić information content (AvgIpc) is 3.30. The zero-order valence-corrected chi connectivity index (χ0v) is 18.1. The van der Waals surface area contributed by atoms with Gasteiger partial charge in [-0.25, -0.2) is 4.39 Å². The number of nitriles is 1. The summed E-state index contributed by atoms with van der Waals surface area (Å²) in [6, 6.07) is 14.6. The number of halogens is 1. The van der Waals surface area contributed by atoms with E-state index in [9.17, 15) is 9.18 Å². The van der Waals surface area contributed by atoms with Gasteiger partial charge in [0, 0.05) is 23.5 Å². The maximum atomic E-state index is 13.9. The van der Waals surface area contributed by atoms with Crippen molar-refractivity contribution in [2.24, 2.45) is 0 Å². The van der Waals surface area contributed by atoms with Gasteiger partial charge in [-0.05, 0) is 53.3 Å². The molecule has 10 heteroatoms. The number of carbonyl (C=O) groups is 1. The second-order valence-electron chi connectivity index (χ2n) is 6.69. The molecule has 1 amide bonds. The molecule has 0 saturated carbocycles. The lowest BCUT2D eigenvalue weighted by atomic mass is 10.0. The van der Waals surface area contributed by atoms with Gasteiger partial charge in [0.2, 0.25) is 5.13 Å². The first-order chi connectivity index (χ1) is 16.1. The van der Waals surface area contributed by atoms with Gasteiger partial charge in [-0.15, -0.1) is 5.10 Å². The van der Waals surface area contributed by atoms with Crippen LogP contribution < -0.4 is 14.8 Å². The van der Waals surface area contributed by atoms with Crippen LogP contribution >= 0.6 is 11.3 Å². The Morgan fingerprint density at radius 3 is 2.73 bits per heavy atom. The number of benzene rings is 2. The number of amides is 1. The number of rotatable bonds is 7. The first-order valence-electron chi connectivity index (χ1n) is 9.62. The third-order valence-electron chi connectivity index (χ3n) is 4.59. The zero-order valence-electron chi connectivity index (χ0n) is 17.3. The van der Waals surface area contributed by atoms with Crippen molar-refractivity contribution in [2.75, 3.05) is 12.4 Å². The van der Waals surface area contributed by atoms with Crippen molar-refractivity contribution in [2.45, 2.75) is 6.61 Å². The number of nitrogens with one attached hydrogen (secondary N) is 1. The molecule has 0 aliphatic rings. The minimum absolute atomic E-state index is 0.238. The van der Waals surface area contributed by atoms with E-state index in [-0.39, 0.29) is 22.5 Å². The van der Waals surface area contributed by atoms with Crippen molar-refractivity contribution in [3.63, 3.8) is 0 Å². The highest BCUT2D eigenvalue weighted by molar-refractivity contribution is 7.17. The minimum atomic E-state index is -0.464. The summed E-state index contributed by atoms with van der Waals surface area (Å²) in [5.74, 6) is -0.518. The first-order valence-corrected chi connectivity index (χ1v) is 10.4. The van der Waals surface area contributed by atoms with E-state index in [1.165, 1.54) is 43.8 Å². The molecule has 0 spiro atoms. The van der Waals surface area contributed by atoms with Crippen LogP contribution in [0.15, 0.2) is 60.9 Å². The molecule has 0 fully saturated rings. The van der Waals surface area contributed by atoms with Crippen molar-refractivity contribution in [3.05, 3.63) is 83.4 Å². The number of hydrogen-bond donors (Lipinski definition) is 1. The fraction of sp³-hybridized carbons (Fsp3) is 0.0870. The van der Waals surface area contributed by atoms with Crippen molar-refractivity contribution in [1.29, 1.82) is 5.26 Å². The molecule has 0 aliphatic heterocycles. The average molecular weight is 461 g/mol.